The molecule has 0 aliphatic rings. The van der Waals surface area contributed by atoms with Crippen LogP contribution < -0.4 is 0 Å². The number of rotatable bonds is 3. The SMILES string of the molecule is CC(=O)N(Cc1ccccn1)C(C)C. The number of carbonyl (C=O) groups is 1. The van der Waals surface area contributed by atoms with E-state index >= 15 is 0 Å². The zero-order chi connectivity index (χ0) is 10.6. The molecule has 1 aromatic rings. The molecule has 0 aliphatic heterocycles. The smallest absolute Gasteiger partial charge is 0.220 e. The average molecular weight is 192 g/mol. The fourth-order valence-electron chi connectivity index (χ4n) is 1.32. The third-order valence-corrected chi connectivity index (χ3v) is 2.09. The second-order valence-electron chi connectivity index (χ2n) is 3.56. The van der Waals surface area contributed by atoms with E-state index < -0.39 is 0 Å². The fraction of sp³-hybridized carbons (Fsp3) is 0.455. The molecule has 14 heavy (non-hydrogen) atoms. The van der Waals surface area contributed by atoms with Gasteiger partial charge in [0.25, 0.3) is 0 Å². The van der Waals surface area contributed by atoms with Gasteiger partial charge >= 0.3 is 0 Å². The maximum Gasteiger partial charge on any atom is 0.220 e. The standard InChI is InChI=1S/C11H16N2O/c1-9(2)13(10(3)14)8-11-6-4-5-7-12-11/h4-7,9H,8H2,1-3H3. The summed E-state index contributed by atoms with van der Waals surface area (Å²) >= 11 is 0. The van der Waals surface area contributed by atoms with E-state index in [2.05, 4.69) is 4.98 Å². The number of nitrogens with zero attached hydrogens (tertiary/aromatic N) is 2. The van der Waals surface area contributed by atoms with Crippen molar-refractivity contribution in [2.24, 2.45) is 0 Å². The lowest BCUT2D eigenvalue weighted by Crippen LogP contribution is -2.34. The second-order valence-corrected chi connectivity index (χ2v) is 3.56. The molecule has 0 aliphatic carbocycles. The van der Waals surface area contributed by atoms with E-state index in [0.717, 1.165) is 5.69 Å². The van der Waals surface area contributed by atoms with Gasteiger partial charge in [0.05, 0.1) is 12.2 Å². The molecule has 0 N–H and O–H groups in total. The maximum atomic E-state index is 11.3. The molecule has 0 aromatic carbocycles. The van der Waals surface area contributed by atoms with Crippen LogP contribution in [0.5, 0.6) is 0 Å². The summed E-state index contributed by atoms with van der Waals surface area (Å²) in [6.45, 7) is 6.19. The molecule has 1 heterocycles. The number of hydrogen-bond donors (Lipinski definition) is 0. The Bertz CT molecular complexity index is 295. The van der Waals surface area contributed by atoms with E-state index in [1.807, 2.05) is 32.0 Å². The van der Waals surface area contributed by atoms with Gasteiger partial charge in [-0.1, -0.05) is 6.07 Å². The molecule has 1 aromatic heterocycles. The van der Waals surface area contributed by atoms with E-state index in [0.29, 0.717) is 6.54 Å². The zero-order valence-electron chi connectivity index (χ0n) is 8.90. The minimum atomic E-state index is 0.0886. The van der Waals surface area contributed by atoms with Crippen molar-refractivity contribution in [2.45, 2.75) is 33.4 Å². The Kier molecular flexibility index (Phi) is 3.63. The molecule has 0 atom stereocenters. The summed E-state index contributed by atoms with van der Waals surface area (Å²) in [7, 11) is 0. The lowest BCUT2D eigenvalue weighted by molar-refractivity contribution is -0.131. The van der Waals surface area contributed by atoms with Crippen LogP contribution >= 0.6 is 0 Å². The van der Waals surface area contributed by atoms with E-state index in [4.69, 9.17) is 0 Å². The van der Waals surface area contributed by atoms with Gasteiger partial charge < -0.3 is 4.90 Å². The minimum absolute atomic E-state index is 0.0886. The molecular formula is C11H16N2O. The van der Waals surface area contributed by atoms with E-state index in [1.54, 1.807) is 18.0 Å². The highest BCUT2D eigenvalue weighted by Crippen LogP contribution is 2.05. The van der Waals surface area contributed by atoms with Crippen LogP contribution in [0.2, 0.25) is 0 Å². The number of carbonyl (C=O) groups excluding carboxylic acids is 1. The molecule has 0 bridgehead atoms. The lowest BCUT2D eigenvalue weighted by Gasteiger charge is -2.24. The fourth-order valence-corrected chi connectivity index (χ4v) is 1.32. The van der Waals surface area contributed by atoms with Crippen LogP contribution in [0.1, 0.15) is 26.5 Å². The van der Waals surface area contributed by atoms with Crippen molar-refractivity contribution in [3.63, 3.8) is 0 Å². The molecular weight excluding hydrogens is 176 g/mol. The molecule has 0 spiro atoms. The van der Waals surface area contributed by atoms with Crippen molar-refractivity contribution in [2.75, 3.05) is 0 Å². The summed E-state index contributed by atoms with van der Waals surface area (Å²) in [4.78, 5) is 17.3. The molecule has 1 rings (SSSR count). The molecule has 0 radical (unpaired) electrons. The highest BCUT2D eigenvalue weighted by Gasteiger charge is 2.12. The van der Waals surface area contributed by atoms with Crippen LogP contribution in [0, 0.1) is 0 Å². The van der Waals surface area contributed by atoms with Gasteiger partial charge in [0.1, 0.15) is 0 Å². The molecule has 0 saturated carbocycles. The van der Waals surface area contributed by atoms with Crippen LogP contribution in [-0.2, 0) is 11.3 Å². The minimum Gasteiger partial charge on any atom is -0.335 e. The topological polar surface area (TPSA) is 33.2 Å². The Morgan fingerprint density at radius 3 is 2.64 bits per heavy atom. The molecule has 0 unspecified atom stereocenters. The Balaban J connectivity index is 2.70. The van der Waals surface area contributed by atoms with Crippen molar-refractivity contribution in [1.29, 1.82) is 0 Å². The number of aromatic nitrogens is 1. The summed E-state index contributed by atoms with van der Waals surface area (Å²) in [5.74, 6) is 0.0886. The van der Waals surface area contributed by atoms with Crippen LogP contribution in [-0.4, -0.2) is 21.8 Å². The quantitative estimate of drug-likeness (QED) is 0.732. The Morgan fingerprint density at radius 2 is 2.21 bits per heavy atom. The first-order valence-electron chi connectivity index (χ1n) is 4.78. The predicted octanol–water partition coefficient (Wildman–Crippen LogP) is 1.84. The molecule has 3 nitrogen and oxygen atoms in total. The Hall–Kier alpha value is -1.38. The third kappa shape index (κ3) is 2.83. The van der Waals surface area contributed by atoms with Gasteiger partial charge in [-0.2, -0.15) is 0 Å². The van der Waals surface area contributed by atoms with Crippen molar-refractivity contribution in [3.8, 4) is 0 Å². The number of hydrogen-bond acceptors (Lipinski definition) is 2. The second kappa shape index (κ2) is 4.74. The highest BCUT2D eigenvalue weighted by atomic mass is 16.2. The van der Waals surface area contributed by atoms with Gasteiger partial charge in [-0.05, 0) is 26.0 Å². The summed E-state index contributed by atoms with van der Waals surface area (Å²) in [6.07, 6.45) is 1.74. The monoisotopic (exact) mass is 192 g/mol. The highest BCUT2D eigenvalue weighted by molar-refractivity contribution is 5.73. The largest absolute Gasteiger partial charge is 0.335 e. The van der Waals surface area contributed by atoms with E-state index in [-0.39, 0.29) is 11.9 Å². The molecule has 76 valence electrons. The average Bonchev–Trinajstić information content (AvgIpc) is 2.15. The predicted molar refractivity (Wildman–Crippen MR) is 55.6 cm³/mol. The van der Waals surface area contributed by atoms with Crippen LogP contribution in [0.15, 0.2) is 24.4 Å². The van der Waals surface area contributed by atoms with E-state index in [1.165, 1.54) is 0 Å². The van der Waals surface area contributed by atoms with Gasteiger partial charge in [0.15, 0.2) is 0 Å². The first-order valence-corrected chi connectivity index (χ1v) is 4.78. The van der Waals surface area contributed by atoms with Crippen molar-refractivity contribution < 1.29 is 4.79 Å². The van der Waals surface area contributed by atoms with Crippen molar-refractivity contribution >= 4 is 5.91 Å². The normalized spacial score (nSPS) is 10.3. The van der Waals surface area contributed by atoms with E-state index in [9.17, 15) is 4.79 Å². The molecule has 0 saturated heterocycles. The summed E-state index contributed by atoms with van der Waals surface area (Å²) in [6, 6.07) is 5.95. The summed E-state index contributed by atoms with van der Waals surface area (Å²) in [5, 5.41) is 0. The summed E-state index contributed by atoms with van der Waals surface area (Å²) in [5.41, 5.74) is 0.927. The van der Waals surface area contributed by atoms with Crippen LogP contribution in [0.3, 0.4) is 0 Å². The summed E-state index contributed by atoms with van der Waals surface area (Å²) < 4.78 is 0. The Labute approximate surface area is 84.8 Å². The van der Waals surface area contributed by atoms with Crippen molar-refractivity contribution in [1.82, 2.24) is 9.88 Å². The molecule has 1 amide bonds. The number of pyridine rings is 1. The Morgan fingerprint density at radius 1 is 1.50 bits per heavy atom. The van der Waals surface area contributed by atoms with Gasteiger partial charge in [0, 0.05) is 19.2 Å². The lowest BCUT2D eigenvalue weighted by atomic mass is 10.2. The first kappa shape index (κ1) is 10.7. The molecule has 0 fully saturated rings. The van der Waals surface area contributed by atoms with Gasteiger partial charge in [-0.25, -0.2) is 0 Å². The maximum absolute atomic E-state index is 11.3. The van der Waals surface area contributed by atoms with Crippen molar-refractivity contribution in [3.05, 3.63) is 30.1 Å². The van der Waals surface area contributed by atoms with Gasteiger partial charge in [-0.3, -0.25) is 9.78 Å². The van der Waals surface area contributed by atoms with Gasteiger partial charge in [0.2, 0.25) is 5.91 Å². The zero-order valence-corrected chi connectivity index (χ0v) is 8.90. The molecule has 3 heteroatoms. The number of amides is 1. The third-order valence-electron chi connectivity index (χ3n) is 2.09. The van der Waals surface area contributed by atoms with Crippen LogP contribution in [0.25, 0.3) is 0 Å². The van der Waals surface area contributed by atoms with Gasteiger partial charge in [-0.15, -0.1) is 0 Å². The van der Waals surface area contributed by atoms with Crippen LogP contribution in [0.4, 0.5) is 0 Å². The first-order chi connectivity index (χ1) is 6.61.